The molecule has 17 heavy (non-hydrogen) atoms. The molecule has 0 unspecified atom stereocenters. The molecule has 0 spiro atoms. The Hall–Kier alpha value is -1.17. The average Bonchev–Trinajstić information content (AvgIpc) is 2.29. The van der Waals surface area contributed by atoms with Crippen LogP contribution in [0.15, 0.2) is 57.9 Å². The SMILES string of the molecule is NS(=O)(=O)c1ccc(Br)c(-c2ccccc2)c1. The molecule has 2 N–H and O–H groups in total. The maximum Gasteiger partial charge on any atom is 0.238 e. The Morgan fingerprint density at radius 2 is 1.65 bits per heavy atom. The highest BCUT2D eigenvalue weighted by atomic mass is 79.9. The molecule has 5 heteroatoms. The fourth-order valence-electron chi connectivity index (χ4n) is 1.52. The van der Waals surface area contributed by atoms with Gasteiger partial charge in [-0.2, -0.15) is 0 Å². The van der Waals surface area contributed by atoms with Gasteiger partial charge in [0.05, 0.1) is 4.90 Å². The Bertz CT molecular complexity index is 639. The number of nitrogens with two attached hydrogens (primary N) is 1. The van der Waals surface area contributed by atoms with Gasteiger partial charge in [0.15, 0.2) is 0 Å². The molecule has 0 saturated carbocycles. The summed E-state index contributed by atoms with van der Waals surface area (Å²) in [5.41, 5.74) is 1.74. The van der Waals surface area contributed by atoms with Crippen LogP contribution in [-0.2, 0) is 10.0 Å². The molecule has 0 saturated heterocycles. The molecular weight excluding hydrogens is 302 g/mol. The summed E-state index contributed by atoms with van der Waals surface area (Å²) in [6.45, 7) is 0. The van der Waals surface area contributed by atoms with Crippen molar-refractivity contribution in [2.24, 2.45) is 5.14 Å². The van der Waals surface area contributed by atoms with Gasteiger partial charge < -0.3 is 0 Å². The van der Waals surface area contributed by atoms with Crippen LogP contribution in [-0.4, -0.2) is 8.42 Å². The van der Waals surface area contributed by atoms with Crippen molar-refractivity contribution in [1.82, 2.24) is 0 Å². The van der Waals surface area contributed by atoms with Crippen molar-refractivity contribution in [3.63, 3.8) is 0 Å². The van der Waals surface area contributed by atoms with Crippen molar-refractivity contribution >= 4 is 26.0 Å². The van der Waals surface area contributed by atoms with Gasteiger partial charge in [0.25, 0.3) is 0 Å². The number of hydrogen-bond donors (Lipinski definition) is 1. The first-order valence-corrected chi connectivity index (χ1v) is 7.20. The monoisotopic (exact) mass is 311 g/mol. The predicted octanol–water partition coefficient (Wildman–Crippen LogP) is 2.76. The fraction of sp³-hybridized carbons (Fsp3) is 0. The van der Waals surface area contributed by atoms with Crippen LogP contribution in [0.5, 0.6) is 0 Å². The van der Waals surface area contributed by atoms with Gasteiger partial charge in [-0.15, -0.1) is 0 Å². The summed E-state index contributed by atoms with van der Waals surface area (Å²) in [6, 6.07) is 14.2. The summed E-state index contributed by atoms with van der Waals surface area (Å²) in [5, 5.41) is 5.11. The smallest absolute Gasteiger partial charge is 0.225 e. The number of sulfonamides is 1. The number of halogens is 1. The second-order valence-electron chi connectivity index (χ2n) is 3.55. The van der Waals surface area contributed by atoms with Crippen LogP contribution in [0.2, 0.25) is 0 Å². The van der Waals surface area contributed by atoms with E-state index in [4.69, 9.17) is 5.14 Å². The molecule has 0 aromatic heterocycles. The molecule has 0 fully saturated rings. The summed E-state index contributed by atoms with van der Waals surface area (Å²) in [4.78, 5) is 0.111. The molecule has 2 rings (SSSR count). The van der Waals surface area contributed by atoms with Crippen molar-refractivity contribution in [2.45, 2.75) is 4.90 Å². The van der Waals surface area contributed by atoms with Crippen LogP contribution in [0.4, 0.5) is 0 Å². The minimum absolute atomic E-state index is 0.111. The number of hydrogen-bond acceptors (Lipinski definition) is 2. The Labute approximate surface area is 108 Å². The molecule has 0 radical (unpaired) electrons. The summed E-state index contributed by atoms with van der Waals surface area (Å²) >= 11 is 3.40. The van der Waals surface area contributed by atoms with Gasteiger partial charge >= 0.3 is 0 Å². The molecule has 2 aromatic rings. The van der Waals surface area contributed by atoms with Crippen molar-refractivity contribution in [3.8, 4) is 11.1 Å². The van der Waals surface area contributed by atoms with Crippen LogP contribution in [0.3, 0.4) is 0 Å². The van der Waals surface area contributed by atoms with E-state index in [-0.39, 0.29) is 4.90 Å². The Morgan fingerprint density at radius 3 is 2.24 bits per heavy atom. The van der Waals surface area contributed by atoms with Crippen LogP contribution in [0.25, 0.3) is 11.1 Å². The zero-order chi connectivity index (χ0) is 12.5. The molecule has 0 aliphatic rings. The van der Waals surface area contributed by atoms with Gasteiger partial charge in [-0.25, -0.2) is 13.6 Å². The topological polar surface area (TPSA) is 60.2 Å². The molecule has 2 aromatic carbocycles. The quantitative estimate of drug-likeness (QED) is 0.927. The van der Waals surface area contributed by atoms with E-state index < -0.39 is 10.0 Å². The van der Waals surface area contributed by atoms with E-state index in [0.29, 0.717) is 0 Å². The van der Waals surface area contributed by atoms with Gasteiger partial charge in [0.1, 0.15) is 0 Å². The van der Waals surface area contributed by atoms with Crippen molar-refractivity contribution in [3.05, 3.63) is 53.0 Å². The third-order valence-corrected chi connectivity index (χ3v) is 3.95. The normalized spacial score (nSPS) is 11.4. The number of rotatable bonds is 2. The summed E-state index contributed by atoms with van der Waals surface area (Å²) < 4.78 is 23.4. The van der Waals surface area contributed by atoms with Gasteiger partial charge in [-0.05, 0) is 29.3 Å². The molecule has 0 bridgehead atoms. The highest BCUT2D eigenvalue weighted by Crippen LogP contribution is 2.29. The van der Waals surface area contributed by atoms with Gasteiger partial charge in [-0.3, -0.25) is 0 Å². The molecule has 0 amide bonds. The first-order valence-electron chi connectivity index (χ1n) is 4.86. The molecule has 0 atom stereocenters. The van der Waals surface area contributed by atoms with Gasteiger partial charge in [0.2, 0.25) is 10.0 Å². The summed E-state index contributed by atoms with van der Waals surface area (Å²) in [7, 11) is -3.67. The molecular formula is C12H10BrNO2S. The zero-order valence-electron chi connectivity index (χ0n) is 8.80. The zero-order valence-corrected chi connectivity index (χ0v) is 11.2. The Balaban J connectivity index is 2.63. The van der Waals surface area contributed by atoms with Crippen LogP contribution >= 0.6 is 15.9 Å². The Kier molecular flexibility index (Phi) is 3.33. The minimum atomic E-state index is -3.67. The van der Waals surface area contributed by atoms with Crippen LogP contribution in [0.1, 0.15) is 0 Å². The molecule has 0 heterocycles. The van der Waals surface area contributed by atoms with Crippen LogP contribution in [0, 0.1) is 0 Å². The second kappa shape index (κ2) is 4.60. The van der Waals surface area contributed by atoms with Crippen molar-refractivity contribution in [2.75, 3.05) is 0 Å². The van der Waals surface area contributed by atoms with E-state index in [9.17, 15) is 8.42 Å². The Morgan fingerprint density at radius 1 is 1.00 bits per heavy atom. The lowest BCUT2D eigenvalue weighted by molar-refractivity contribution is 0.598. The van der Waals surface area contributed by atoms with E-state index in [1.165, 1.54) is 6.07 Å². The third-order valence-electron chi connectivity index (χ3n) is 2.35. The van der Waals surface area contributed by atoms with Gasteiger partial charge in [-0.1, -0.05) is 46.3 Å². The highest BCUT2D eigenvalue weighted by Gasteiger charge is 2.11. The maximum absolute atomic E-state index is 11.3. The van der Waals surface area contributed by atoms with Crippen molar-refractivity contribution in [1.29, 1.82) is 0 Å². The molecule has 3 nitrogen and oxygen atoms in total. The number of benzene rings is 2. The van der Waals surface area contributed by atoms with Gasteiger partial charge in [0, 0.05) is 4.47 Å². The minimum Gasteiger partial charge on any atom is -0.225 e. The van der Waals surface area contributed by atoms with E-state index in [2.05, 4.69) is 15.9 Å². The van der Waals surface area contributed by atoms with E-state index in [1.54, 1.807) is 12.1 Å². The van der Waals surface area contributed by atoms with E-state index in [1.807, 2.05) is 30.3 Å². The van der Waals surface area contributed by atoms with Crippen molar-refractivity contribution < 1.29 is 8.42 Å². The number of primary sulfonamides is 1. The summed E-state index contributed by atoms with van der Waals surface area (Å²) in [6.07, 6.45) is 0. The lowest BCUT2D eigenvalue weighted by atomic mass is 10.1. The fourth-order valence-corrected chi connectivity index (χ4v) is 2.54. The first kappa shape index (κ1) is 12.3. The third kappa shape index (κ3) is 2.74. The second-order valence-corrected chi connectivity index (χ2v) is 5.97. The molecule has 0 aliphatic heterocycles. The highest BCUT2D eigenvalue weighted by molar-refractivity contribution is 9.10. The largest absolute Gasteiger partial charge is 0.238 e. The molecule has 0 aliphatic carbocycles. The predicted molar refractivity (Wildman–Crippen MR) is 71.0 cm³/mol. The molecule has 88 valence electrons. The lowest BCUT2D eigenvalue weighted by Gasteiger charge is -2.06. The van der Waals surface area contributed by atoms with E-state index >= 15 is 0 Å². The standard InChI is InChI=1S/C12H10BrNO2S/c13-12-7-6-10(17(14,15)16)8-11(12)9-4-2-1-3-5-9/h1-8H,(H2,14,15,16). The van der Waals surface area contributed by atoms with Crippen LogP contribution < -0.4 is 5.14 Å². The average molecular weight is 312 g/mol. The first-order chi connectivity index (χ1) is 7.98. The maximum atomic E-state index is 11.3. The summed E-state index contributed by atoms with van der Waals surface area (Å²) in [5.74, 6) is 0. The van der Waals surface area contributed by atoms with E-state index in [0.717, 1.165) is 15.6 Å². The lowest BCUT2D eigenvalue weighted by Crippen LogP contribution is -2.12.